The van der Waals surface area contributed by atoms with Crippen LogP contribution in [-0.4, -0.2) is 42.9 Å². The summed E-state index contributed by atoms with van der Waals surface area (Å²) >= 11 is 3.43. The Kier molecular flexibility index (Phi) is 8.88. The number of guanidine groups is 1. The lowest BCUT2D eigenvalue weighted by atomic mass is 10.2. The summed E-state index contributed by atoms with van der Waals surface area (Å²) in [4.78, 5) is 18.5. The van der Waals surface area contributed by atoms with Gasteiger partial charge in [-0.2, -0.15) is 0 Å². The van der Waals surface area contributed by atoms with E-state index in [0.29, 0.717) is 18.9 Å². The van der Waals surface area contributed by atoms with Gasteiger partial charge in [-0.05, 0) is 49.9 Å². The van der Waals surface area contributed by atoms with Gasteiger partial charge in [0.05, 0.1) is 6.54 Å². The van der Waals surface area contributed by atoms with Crippen molar-refractivity contribution in [2.24, 2.45) is 4.99 Å². The van der Waals surface area contributed by atoms with Crippen LogP contribution in [0.5, 0.6) is 0 Å². The lowest BCUT2D eigenvalue weighted by Crippen LogP contribution is -2.39. The smallest absolute Gasteiger partial charge is 0.222 e. The van der Waals surface area contributed by atoms with Gasteiger partial charge < -0.3 is 15.5 Å². The lowest BCUT2D eigenvalue weighted by Gasteiger charge is -2.20. The summed E-state index contributed by atoms with van der Waals surface area (Å²) in [7, 11) is 0. The molecular weight excluding hydrogens is 399 g/mol. The summed E-state index contributed by atoms with van der Waals surface area (Å²) < 4.78 is 14.2. The highest BCUT2D eigenvalue weighted by atomic mass is 79.9. The van der Waals surface area contributed by atoms with E-state index >= 15 is 0 Å². The molecule has 1 amide bonds. The number of hydrogen-bond donors (Lipinski definition) is 2. The van der Waals surface area contributed by atoms with Crippen molar-refractivity contribution in [2.45, 2.75) is 45.6 Å². The Morgan fingerprint density at radius 2 is 2.15 bits per heavy atom. The molecule has 1 aromatic rings. The Labute approximate surface area is 163 Å². The molecule has 0 bridgehead atoms. The molecule has 0 saturated carbocycles. The van der Waals surface area contributed by atoms with Crippen molar-refractivity contribution in [1.29, 1.82) is 0 Å². The molecule has 1 aromatic carbocycles. The van der Waals surface area contributed by atoms with E-state index in [9.17, 15) is 9.18 Å². The summed E-state index contributed by atoms with van der Waals surface area (Å²) in [5.41, 5.74) is 0.803. The van der Waals surface area contributed by atoms with Gasteiger partial charge in [0.25, 0.3) is 0 Å². The molecule has 2 N–H and O–H groups in total. The minimum atomic E-state index is -0.265. The van der Waals surface area contributed by atoms with E-state index in [1.165, 1.54) is 12.1 Å². The highest BCUT2D eigenvalue weighted by Crippen LogP contribution is 2.18. The van der Waals surface area contributed by atoms with Gasteiger partial charge in [-0.15, -0.1) is 0 Å². The SMILES string of the molecule is CCNC(=NCc1cc(F)ccc1Br)NCCCN1CCCCCC1=O. The molecule has 0 spiro atoms. The van der Waals surface area contributed by atoms with Gasteiger partial charge in [0, 0.05) is 37.1 Å². The van der Waals surface area contributed by atoms with Gasteiger partial charge in [0.1, 0.15) is 5.82 Å². The van der Waals surface area contributed by atoms with E-state index in [-0.39, 0.29) is 11.7 Å². The molecule has 0 aromatic heterocycles. The number of amides is 1. The van der Waals surface area contributed by atoms with Crippen LogP contribution < -0.4 is 10.6 Å². The number of nitrogens with zero attached hydrogens (tertiary/aromatic N) is 2. The molecule has 0 atom stereocenters. The molecule has 2 rings (SSSR count). The number of likely N-dealkylation sites (tertiary alicyclic amines) is 1. The van der Waals surface area contributed by atoms with Crippen LogP contribution >= 0.6 is 15.9 Å². The van der Waals surface area contributed by atoms with Crippen LogP contribution in [0.3, 0.4) is 0 Å². The van der Waals surface area contributed by atoms with E-state index in [2.05, 4.69) is 31.6 Å². The van der Waals surface area contributed by atoms with Gasteiger partial charge in [-0.25, -0.2) is 9.38 Å². The second-order valence-corrected chi connectivity index (χ2v) is 7.26. The van der Waals surface area contributed by atoms with Crippen LogP contribution in [-0.2, 0) is 11.3 Å². The number of nitrogens with one attached hydrogen (secondary N) is 2. The van der Waals surface area contributed by atoms with E-state index < -0.39 is 0 Å². The molecule has 1 saturated heterocycles. The Balaban J connectivity index is 1.81. The molecule has 1 aliphatic rings. The highest BCUT2D eigenvalue weighted by Gasteiger charge is 2.15. The van der Waals surface area contributed by atoms with Crippen molar-refractivity contribution in [1.82, 2.24) is 15.5 Å². The molecule has 1 heterocycles. The zero-order valence-electron chi connectivity index (χ0n) is 15.4. The van der Waals surface area contributed by atoms with Crippen molar-refractivity contribution in [3.8, 4) is 0 Å². The third-order valence-corrected chi connectivity index (χ3v) is 5.10. The van der Waals surface area contributed by atoms with Crippen molar-refractivity contribution in [2.75, 3.05) is 26.2 Å². The number of carbonyl (C=O) groups is 1. The van der Waals surface area contributed by atoms with Crippen LogP contribution in [0.2, 0.25) is 0 Å². The number of aliphatic imine (C=N–C) groups is 1. The van der Waals surface area contributed by atoms with Crippen molar-refractivity contribution < 1.29 is 9.18 Å². The maximum absolute atomic E-state index is 13.4. The van der Waals surface area contributed by atoms with E-state index in [1.807, 2.05) is 11.8 Å². The monoisotopic (exact) mass is 426 g/mol. The largest absolute Gasteiger partial charge is 0.357 e. The molecule has 0 unspecified atom stereocenters. The zero-order valence-corrected chi connectivity index (χ0v) is 16.9. The molecule has 1 aliphatic heterocycles. The average Bonchev–Trinajstić information content (AvgIpc) is 2.83. The summed E-state index contributed by atoms with van der Waals surface area (Å²) in [5, 5.41) is 6.48. The van der Waals surface area contributed by atoms with E-state index in [1.54, 1.807) is 6.07 Å². The Bertz CT molecular complexity index is 624. The topological polar surface area (TPSA) is 56.7 Å². The first-order chi connectivity index (χ1) is 12.6. The fraction of sp³-hybridized carbons (Fsp3) is 0.579. The average molecular weight is 427 g/mol. The number of carbonyl (C=O) groups excluding carboxylic acids is 1. The van der Waals surface area contributed by atoms with Gasteiger partial charge in [-0.3, -0.25) is 4.79 Å². The first kappa shape index (κ1) is 20.7. The van der Waals surface area contributed by atoms with Crippen LogP contribution in [0.15, 0.2) is 27.7 Å². The zero-order chi connectivity index (χ0) is 18.8. The van der Waals surface area contributed by atoms with Crippen molar-refractivity contribution in [3.63, 3.8) is 0 Å². The number of benzene rings is 1. The van der Waals surface area contributed by atoms with Crippen LogP contribution in [0, 0.1) is 5.82 Å². The van der Waals surface area contributed by atoms with Crippen LogP contribution in [0.4, 0.5) is 4.39 Å². The quantitative estimate of drug-likeness (QED) is 0.398. The molecule has 5 nitrogen and oxygen atoms in total. The summed E-state index contributed by atoms with van der Waals surface area (Å²) in [5.74, 6) is 0.711. The maximum Gasteiger partial charge on any atom is 0.222 e. The minimum Gasteiger partial charge on any atom is -0.357 e. The predicted molar refractivity (Wildman–Crippen MR) is 107 cm³/mol. The van der Waals surface area contributed by atoms with Crippen LogP contribution in [0.25, 0.3) is 0 Å². The molecule has 7 heteroatoms. The van der Waals surface area contributed by atoms with Gasteiger partial charge in [0.2, 0.25) is 5.91 Å². The standard InChI is InChI=1S/C19H28BrFN4O/c1-2-22-19(24-14-15-13-16(21)8-9-17(15)20)23-10-6-12-25-11-5-3-4-7-18(25)26/h8-9,13H,2-7,10-12,14H2,1H3,(H2,22,23,24). The third-order valence-electron chi connectivity index (χ3n) is 4.33. The normalized spacial score (nSPS) is 15.7. The summed E-state index contributed by atoms with van der Waals surface area (Å²) in [6, 6.07) is 4.60. The Hall–Kier alpha value is -1.63. The van der Waals surface area contributed by atoms with Crippen LogP contribution in [0.1, 0.15) is 44.6 Å². The van der Waals surface area contributed by atoms with E-state index in [4.69, 9.17) is 0 Å². The molecule has 144 valence electrons. The van der Waals surface area contributed by atoms with Crippen molar-refractivity contribution in [3.05, 3.63) is 34.1 Å². The Morgan fingerprint density at radius 3 is 2.96 bits per heavy atom. The fourth-order valence-electron chi connectivity index (χ4n) is 2.92. The molecule has 26 heavy (non-hydrogen) atoms. The number of rotatable bonds is 7. The molecule has 0 aliphatic carbocycles. The number of hydrogen-bond acceptors (Lipinski definition) is 2. The number of halogens is 2. The fourth-order valence-corrected chi connectivity index (χ4v) is 3.29. The summed E-state index contributed by atoms with van der Waals surface area (Å²) in [6.45, 7) is 5.53. The minimum absolute atomic E-state index is 0.265. The second-order valence-electron chi connectivity index (χ2n) is 6.40. The molecule has 1 fully saturated rings. The first-order valence-electron chi connectivity index (χ1n) is 9.34. The van der Waals surface area contributed by atoms with Gasteiger partial charge in [-0.1, -0.05) is 22.4 Å². The van der Waals surface area contributed by atoms with Gasteiger partial charge in [0.15, 0.2) is 5.96 Å². The highest BCUT2D eigenvalue weighted by molar-refractivity contribution is 9.10. The van der Waals surface area contributed by atoms with Crippen molar-refractivity contribution >= 4 is 27.8 Å². The first-order valence-corrected chi connectivity index (χ1v) is 10.1. The molecule has 0 radical (unpaired) electrons. The van der Waals surface area contributed by atoms with Gasteiger partial charge >= 0.3 is 0 Å². The lowest BCUT2D eigenvalue weighted by molar-refractivity contribution is -0.130. The van der Waals surface area contributed by atoms with E-state index in [0.717, 1.165) is 61.9 Å². The predicted octanol–water partition coefficient (Wildman–Crippen LogP) is 3.44. The third kappa shape index (κ3) is 6.94. The molecular formula is C19H28BrFN4O. The Morgan fingerprint density at radius 1 is 1.31 bits per heavy atom. The second kappa shape index (κ2) is 11.2. The maximum atomic E-state index is 13.4. The summed E-state index contributed by atoms with van der Waals surface area (Å²) in [6.07, 6.45) is 4.82.